The number of methoxy groups -OCH3 is 1. The van der Waals surface area contributed by atoms with Crippen LogP contribution in [0.1, 0.15) is 20.8 Å². The Hall–Kier alpha value is -2.21. The Labute approximate surface area is 171 Å². The zero-order valence-corrected chi connectivity index (χ0v) is 17.0. The van der Waals surface area contributed by atoms with E-state index < -0.39 is 0 Å². The second-order valence-electron chi connectivity index (χ2n) is 5.84. The molecular weight excluding hydrogens is 405 g/mol. The van der Waals surface area contributed by atoms with Crippen LogP contribution >= 0.6 is 34.5 Å². The molecule has 0 aliphatic heterocycles. The van der Waals surface area contributed by atoms with Crippen LogP contribution in [0.5, 0.6) is 11.5 Å². The highest BCUT2D eigenvalue weighted by Crippen LogP contribution is 2.29. The number of halogens is 2. The molecule has 2 aromatic carbocycles. The molecule has 1 aromatic heterocycles. The Kier molecular flexibility index (Phi) is 6.26. The van der Waals surface area contributed by atoms with Gasteiger partial charge in [0.05, 0.1) is 22.7 Å². The van der Waals surface area contributed by atoms with E-state index >= 15 is 0 Å². The summed E-state index contributed by atoms with van der Waals surface area (Å²) >= 11 is 13.3. The molecule has 7 heteroatoms. The molecule has 1 N–H and O–H groups in total. The molecule has 0 saturated heterocycles. The van der Waals surface area contributed by atoms with E-state index in [-0.39, 0.29) is 5.91 Å². The van der Waals surface area contributed by atoms with Crippen LogP contribution < -0.4 is 14.8 Å². The van der Waals surface area contributed by atoms with Gasteiger partial charge in [0, 0.05) is 10.6 Å². The largest absolute Gasteiger partial charge is 0.493 e. The fraction of sp³-hybridized carbons (Fsp3) is 0.150. The molecule has 4 nitrogen and oxygen atoms in total. The number of rotatable bonds is 6. The number of hydrogen-bond donors (Lipinski definition) is 1. The highest BCUT2D eigenvalue weighted by atomic mass is 35.5. The van der Waals surface area contributed by atoms with Gasteiger partial charge in [-0.2, -0.15) is 0 Å². The van der Waals surface area contributed by atoms with Crippen molar-refractivity contribution < 1.29 is 14.3 Å². The van der Waals surface area contributed by atoms with Gasteiger partial charge in [0.25, 0.3) is 5.91 Å². The number of amides is 1. The molecule has 0 unspecified atom stereocenters. The standard InChI is InChI=1S/C20H17Cl2NO3S/c1-12-3-6-17(18(7-12)25-2)26-10-13-8-19(27-11-13)20(24)23-16-5-4-14(21)9-15(16)22/h3-9,11H,10H2,1-2H3,(H,23,24). The number of carbonyl (C=O) groups is 1. The molecule has 0 radical (unpaired) electrons. The van der Waals surface area contributed by atoms with Crippen LogP contribution in [-0.2, 0) is 6.61 Å². The quantitative estimate of drug-likeness (QED) is 0.514. The summed E-state index contributed by atoms with van der Waals surface area (Å²) in [5.74, 6) is 1.11. The van der Waals surface area contributed by atoms with Crippen molar-refractivity contribution in [3.63, 3.8) is 0 Å². The molecule has 3 aromatic rings. The maximum absolute atomic E-state index is 12.4. The normalized spacial score (nSPS) is 10.5. The summed E-state index contributed by atoms with van der Waals surface area (Å²) in [6, 6.07) is 12.5. The zero-order valence-electron chi connectivity index (χ0n) is 14.7. The molecule has 0 bridgehead atoms. The van der Waals surface area contributed by atoms with E-state index in [2.05, 4.69) is 5.32 Å². The first-order chi connectivity index (χ1) is 13.0. The highest BCUT2D eigenvalue weighted by molar-refractivity contribution is 7.12. The number of carbonyl (C=O) groups excluding carboxylic acids is 1. The first-order valence-corrected chi connectivity index (χ1v) is 9.71. The topological polar surface area (TPSA) is 47.6 Å². The van der Waals surface area contributed by atoms with E-state index in [9.17, 15) is 4.79 Å². The molecule has 0 aliphatic carbocycles. The summed E-state index contributed by atoms with van der Waals surface area (Å²) in [5.41, 5.74) is 2.51. The minimum atomic E-state index is -0.233. The Morgan fingerprint density at radius 3 is 2.67 bits per heavy atom. The molecule has 3 rings (SSSR count). The lowest BCUT2D eigenvalue weighted by Crippen LogP contribution is -2.10. The maximum atomic E-state index is 12.4. The average molecular weight is 422 g/mol. The van der Waals surface area contributed by atoms with Gasteiger partial charge < -0.3 is 14.8 Å². The van der Waals surface area contributed by atoms with Gasteiger partial charge in [-0.1, -0.05) is 29.3 Å². The van der Waals surface area contributed by atoms with Crippen molar-refractivity contribution in [2.45, 2.75) is 13.5 Å². The van der Waals surface area contributed by atoms with Crippen molar-refractivity contribution in [1.82, 2.24) is 0 Å². The SMILES string of the molecule is COc1cc(C)ccc1OCc1csc(C(=O)Nc2ccc(Cl)cc2Cl)c1. The Morgan fingerprint density at radius 2 is 1.93 bits per heavy atom. The van der Waals surface area contributed by atoms with E-state index in [1.54, 1.807) is 31.4 Å². The smallest absolute Gasteiger partial charge is 0.265 e. The third-order valence-electron chi connectivity index (χ3n) is 3.77. The lowest BCUT2D eigenvalue weighted by molar-refractivity contribution is 0.103. The molecule has 0 saturated carbocycles. The van der Waals surface area contributed by atoms with Crippen molar-refractivity contribution in [2.24, 2.45) is 0 Å². The number of thiophene rings is 1. The fourth-order valence-electron chi connectivity index (χ4n) is 2.40. The van der Waals surface area contributed by atoms with Crippen molar-refractivity contribution in [1.29, 1.82) is 0 Å². The number of anilines is 1. The summed E-state index contributed by atoms with van der Waals surface area (Å²) in [4.78, 5) is 13.0. The van der Waals surface area contributed by atoms with Crippen molar-refractivity contribution >= 4 is 46.1 Å². The predicted octanol–water partition coefficient (Wildman–Crippen LogP) is 6.20. The van der Waals surface area contributed by atoms with Gasteiger partial charge in [0.2, 0.25) is 0 Å². The lowest BCUT2D eigenvalue weighted by atomic mass is 10.2. The van der Waals surface area contributed by atoms with Crippen molar-refractivity contribution in [3.05, 3.63) is 73.9 Å². The van der Waals surface area contributed by atoms with Crippen LogP contribution in [-0.4, -0.2) is 13.0 Å². The number of ether oxygens (including phenoxy) is 2. The van der Waals surface area contributed by atoms with Crippen LogP contribution in [0.15, 0.2) is 47.8 Å². The van der Waals surface area contributed by atoms with E-state index in [1.807, 2.05) is 30.5 Å². The van der Waals surface area contributed by atoms with Crippen LogP contribution in [0.4, 0.5) is 5.69 Å². The minimum Gasteiger partial charge on any atom is -0.493 e. The van der Waals surface area contributed by atoms with Gasteiger partial charge in [0.15, 0.2) is 11.5 Å². The molecule has 1 heterocycles. The number of benzene rings is 2. The van der Waals surface area contributed by atoms with Gasteiger partial charge in [0.1, 0.15) is 6.61 Å². The highest BCUT2D eigenvalue weighted by Gasteiger charge is 2.12. The predicted molar refractivity (Wildman–Crippen MR) is 111 cm³/mol. The number of aryl methyl sites for hydroxylation is 1. The molecule has 0 atom stereocenters. The minimum absolute atomic E-state index is 0.233. The first-order valence-electron chi connectivity index (χ1n) is 8.07. The monoisotopic (exact) mass is 421 g/mol. The lowest BCUT2D eigenvalue weighted by Gasteiger charge is -2.10. The van der Waals surface area contributed by atoms with E-state index in [0.717, 1.165) is 11.1 Å². The second kappa shape index (κ2) is 8.65. The third-order valence-corrected chi connectivity index (χ3v) is 5.30. The van der Waals surface area contributed by atoms with Gasteiger partial charge in [-0.3, -0.25) is 4.79 Å². The van der Waals surface area contributed by atoms with Crippen LogP contribution in [0, 0.1) is 6.92 Å². The van der Waals surface area contributed by atoms with Crippen LogP contribution in [0.2, 0.25) is 10.0 Å². The fourth-order valence-corrected chi connectivity index (χ4v) is 3.65. The Morgan fingerprint density at radius 1 is 1.11 bits per heavy atom. The molecule has 0 aliphatic rings. The van der Waals surface area contributed by atoms with E-state index in [0.29, 0.717) is 38.7 Å². The van der Waals surface area contributed by atoms with Crippen LogP contribution in [0.3, 0.4) is 0 Å². The van der Waals surface area contributed by atoms with Gasteiger partial charge in [-0.25, -0.2) is 0 Å². The average Bonchev–Trinajstić information content (AvgIpc) is 3.12. The van der Waals surface area contributed by atoms with E-state index in [1.165, 1.54) is 11.3 Å². The summed E-state index contributed by atoms with van der Waals surface area (Å²) in [7, 11) is 1.61. The van der Waals surface area contributed by atoms with Crippen molar-refractivity contribution in [3.8, 4) is 11.5 Å². The summed E-state index contributed by atoms with van der Waals surface area (Å²) in [6.45, 7) is 2.33. The number of hydrogen-bond acceptors (Lipinski definition) is 4. The summed E-state index contributed by atoms with van der Waals surface area (Å²) in [5, 5.41) is 5.58. The molecule has 0 spiro atoms. The second-order valence-corrected chi connectivity index (χ2v) is 7.60. The van der Waals surface area contributed by atoms with Gasteiger partial charge in [-0.15, -0.1) is 11.3 Å². The van der Waals surface area contributed by atoms with Gasteiger partial charge >= 0.3 is 0 Å². The summed E-state index contributed by atoms with van der Waals surface area (Å²) in [6.07, 6.45) is 0. The molecule has 0 fully saturated rings. The molecule has 27 heavy (non-hydrogen) atoms. The maximum Gasteiger partial charge on any atom is 0.265 e. The molecule has 140 valence electrons. The van der Waals surface area contributed by atoms with Crippen molar-refractivity contribution in [2.75, 3.05) is 12.4 Å². The zero-order chi connectivity index (χ0) is 19.4. The number of nitrogens with one attached hydrogen (secondary N) is 1. The van der Waals surface area contributed by atoms with Crippen LogP contribution in [0.25, 0.3) is 0 Å². The van der Waals surface area contributed by atoms with Gasteiger partial charge in [-0.05, 0) is 54.3 Å². The Bertz CT molecular complexity index is 972. The first kappa shape index (κ1) is 19.5. The third kappa shape index (κ3) is 4.95. The van der Waals surface area contributed by atoms with E-state index in [4.69, 9.17) is 32.7 Å². The Balaban J connectivity index is 1.65. The summed E-state index contributed by atoms with van der Waals surface area (Å²) < 4.78 is 11.2. The molecular formula is C20H17Cl2NO3S. The molecule has 1 amide bonds.